The molecular weight excluding hydrogens is 318 g/mol. The van der Waals surface area contributed by atoms with Gasteiger partial charge >= 0.3 is 6.03 Å². The first-order valence-electron chi connectivity index (χ1n) is 8.99. The van der Waals surface area contributed by atoms with Crippen LogP contribution in [-0.2, 0) is 16.1 Å². The second-order valence-corrected chi connectivity index (χ2v) is 6.95. The van der Waals surface area contributed by atoms with E-state index in [1.54, 1.807) is 0 Å². The van der Waals surface area contributed by atoms with E-state index in [4.69, 9.17) is 10.5 Å². The zero-order valence-electron chi connectivity index (χ0n) is 15.2. The number of anilines is 1. The summed E-state index contributed by atoms with van der Waals surface area (Å²) < 4.78 is 5.60. The third kappa shape index (κ3) is 6.74. The van der Waals surface area contributed by atoms with Crippen LogP contribution in [0.3, 0.4) is 0 Å². The van der Waals surface area contributed by atoms with Crippen molar-refractivity contribution in [3.05, 3.63) is 29.8 Å². The molecule has 1 atom stereocenters. The van der Waals surface area contributed by atoms with Gasteiger partial charge in [0.25, 0.3) is 0 Å². The number of likely N-dealkylation sites (tertiary alicyclic amines) is 1. The van der Waals surface area contributed by atoms with Gasteiger partial charge in [-0.2, -0.15) is 0 Å². The molecule has 0 aromatic heterocycles. The second-order valence-electron chi connectivity index (χ2n) is 6.95. The summed E-state index contributed by atoms with van der Waals surface area (Å²) in [5.41, 5.74) is 7.03. The van der Waals surface area contributed by atoms with Crippen molar-refractivity contribution in [1.29, 1.82) is 0 Å². The van der Waals surface area contributed by atoms with Crippen molar-refractivity contribution < 1.29 is 14.3 Å². The first kappa shape index (κ1) is 19.2. The summed E-state index contributed by atoms with van der Waals surface area (Å²) in [5.74, 6) is 0.0692. The highest BCUT2D eigenvalue weighted by molar-refractivity contribution is 5.89. The Morgan fingerprint density at radius 1 is 1.40 bits per heavy atom. The minimum absolute atomic E-state index is 0.0919. The number of hydrogen-bond donors (Lipinski definition) is 2. The topological polar surface area (TPSA) is 84.7 Å². The van der Waals surface area contributed by atoms with Crippen LogP contribution in [0.4, 0.5) is 10.5 Å². The van der Waals surface area contributed by atoms with Gasteiger partial charge in [0.15, 0.2) is 0 Å². The minimum atomic E-state index is -0.276. The fraction of sp³-hybridized carbons (Fsp3) is 0.579. The van der Waals surface area contributed by atoms with Crippen LogP contribution in [0.25, 0.3) is 0 Å². The number of nitrogens with one attached hydrogen (secondary N) is 1. The Kier molecular flexibility index (Phi) is 7.25. The van der Waals surface area contributed by atoms with Crippen molar-refractivity contribution in [2.24, 2.45) is 11.7 Å². The average molecular weight is 347 g/mol. The zero-order valence-corrected chi connectivity index (χ0v) is 15.2. The number of ether oxygens (including phenoxy) is 1. The van der Waals surface area contributed by atoms with E-state index >= 15 is 0 Å². The maximum absolute atomic E-state index is 12.5. The fourth-order valence-corrected chi connectivity index (χ4v) is 3.04. The van der Waals surface area contributed by atoms with Gasteiger partial charge in [-0.15, -0.1) is 0 Å². The highest BCUT2D eigenvalue weighted by Crippen LogP contribution is 2.22. The van der Waals surface area contributed by atoms with Crippen LogP contribution in [0.15, 0.2) is 24.3 Å². The van der Waals surface area contributed by atoms with Crippen molar-refractivity contribution in [2.75, 3.05) is 18.4 Å². The number of hydrogen-bond acceptors (Lipinski definition) is 3. The van der Waals surface area contributed by atoms with E-state index in [2.05, 4.69) is 5.32 Å². The van der Waals surface area contributed by atoms with Gasteiger partial charge in [-0.3, -0.25) is 4.79 Å². The lowest BCUT2D eigenvalue weighted by Crippen LogP contribution is -2.42. The van der Waals surface area contributed by atoms with E-state index in [9.17, 15) is 9.59 Å². The first-order valence-corrected chi connectivity index (χ1v) is 8.99. The van der Waals surface area contributed by atoms with Crippen molar-refractivity contribution in [3.8, 4) is 0 Å². The largest absolute Gasteiger partial charge is 0.374 e. The highest BCUT2D eigenvalue weighted by atomic mass is 16.5. The van der Waals surface area contributed by atoms with E-state index in [0.717, 1.165) is 37.1 Å². The highest BCUT2D eigenvalue weighted by Gasteiger charge is 2.23. The number of nitrogens with zero attached hydrogens (tertiary/aromatic N) is 1. The Bertz CT molecular complexity index is 589. The van der Waals surface area contributed by atoms with Crippen molar-refractivity contribution in [2.45, 2.75) is 52.2 Å². The summed E-state index contributed by atoms with van der Waals surface area (Å²) in [6.07, 6.45) is 3.31. The Labute approximate surface area is 149 Å². The van der Waals surface area contributed by atoms with Crippen molar-refractivity contribution >= 4 is 17.6 Å². The van der Waals surface area contributed by atoms with E-state index in [1.807, 2.05) is 43.0 Å². The van der Waals surface area contributed by atoms with E-state index in [1.165, 1.54) is 0 Å². The van der Waals surface area contributed by atoms with Crippen LogP contribution < -0.4 is 11.1 Å². The number of amides is 3. The first-order chi connectivity index (χ1) is 11.9. The van der Waals surface area contributed by atoms with E-state index < -0.39 is 0 Å². The molecule has 1 aliphatic heterocycles. The third-order valence-electron chi connectivity index (χ3n) is 4.37. The number of piperidine rings is 1. The fourth-order valence-electron chi connectivity index (χ4n) is 3.04. The Balaban J connectivity index is 1.88. The lowest BCUT2D eigenvalue weighted by Gasteiger charge is -2.32. The monoisotopic (exact) mass is 347 g/mol. The quantitative estimate of drug-likeness (QED) is 0.795. The van der Waals surface area contributed by atoms with Crippen LogP contribution in [0.5, 0.6) is 0 Å². The normalized spacial score (nSPS) is 17.6. The lowest BCUT2D eigenvalue weighted by atomic mass is 9.93. The molecule has 3 amide bonds. The number of urea groups is 1. The molecule has 0 radical (unpaired) electrons. The van der Waals surface area contributed by atoms with Crippen LogP contribution in [0.1, 0.15) is 45.1 Å². The van der Waals surface area contributed by atoms with Crippen LogP contribution >= 0.6 is 0 Å². The molecular formula is C19H29N3O3. The molecule has 1 heterocycles. The van der Waals surface area contributed by atoms with Gasteiger partial charge in [0.2, 0.25) is 5.91 Å². The molecule has 1 aromatic carbocycles. The number of carbonyl (C=O) groups is 2. The summed E-state index contributed by atoms with van der Waals surface area (Å²) in [6, 6.07) is 7.63. The molecule has 138 valence electrons. The van der Waals surface area contributed by atoms with Gasteiger partial charge in [0, 0.05) is 25.2 Å². The van der Waals surface area contributed by atoms with Gasteiger partial charge in [-0.1, -0.05) is 12.1 Å². The molecule has 1 aromatic rings. The van der Waals surface area contributed by atoms with Gasteiger partial charge in [0.05, 0.1) is 12.7 Å². The summed E-state index contributed by atoms with van der Waals surface area (Å²) >= 11 is 0. The predicted octanol–water partition coefficient (Wildman–Crippen LogP) is 3.12. The molecule has 3 N–H and O–H groups in total. The van der Waals surface area contributed by atoms with Gasteiger partial charge in [-0.05, 0) is 56.7 Å². The smallest absolute Gasteiger partial charge is 0.321 e. The van der Waals surface area contributed by atoms with Crippen LogP contribution in [0, 0.1) is 5.92 Å². The number of rotatable bonds is 7. The second kappa shape index (κ2) is 9.42. The lowest BCUT2D eigenvalue weighted by molar-refractivity contribution is -0.118. The minimum Gasteiger partial charge on any atom is -0.374 e. The summed E-state index contributed by atoms with van der Waals surface area (Å²) in [7, 11) is 0. The van der Waals surface area contributed by atoms with E-state index in [-0.39, 0.29) is 18.0 Å². The maximum Gasteiger partial charge on any atom is 0.321 e. The molecule has 25 heavy (non-hydrogen) atoms. The predicted molar refractivity (Wildman–Crippen MR) is 98.1 cm³/mol. The number of carbonyl (C=O) groups excluding carboxylic acids is 2. The molecule has 6 heteroatoms. The molecule has 2 rings (SSSR count). The molecule has 1 fully saturated rings. The molecule has 6 nitrogen and oxygen atoms in total. The van der Waals surface area contributed by atoms with Gasteiger partial charge in [-0.25, -0.2) is 4.79 Å². The Hall–Kier alpha value is -2.08. The molecule has 1 aliphatic rings. The number of benzene rings is 1. The Morgan fingerprint density at radius 3 is 2.92 bits per heavy atom. The third-order valence-corrected chi connectivity index (χ3v) is 4.37. The summed E-state index contributed by atoms with van der Waals surface area (Å²) in [5, 5.41) is 2.96. The summed E-state index contributed by atoms with van der Waals surface area (Å²) in [6.45, 7) is 5.94. The SMILES string of the molecule is CC(C)OCc1cccc(NC(=O)N2CCC[C@@H](CCC(N)=O)C2)c1. The van der Waals surface area contributed by atoms with Gasteiger partial charge < -0.3 is 20.7 Å². The van der Waals surface area contributed by atoms with Crippen LogP contribution in [-0.4, -0.2) is 36.0 Å². The molecule has 1 saturated heterocycles. The standard InChI is InChI=1S/C19H29N3O3/c1-14(2)25-13-16-5-3-7-17(11-16)21-19(24)22-10-4-6-15(12-22)8-9-18(20)23/h3,5,7,11,14-15H,4,6,8-10,12-13H2,1-2H3,(H2,20,23)(H,21,24)/t15-/m0/s1. The number of primary amides is 1. The van der Waals surface area contributed by atoms with Crippen molar-refractivity contribution in [1.82, 2.24) is 4.90 Å². The maximum atomic E-state index is 12.5. The van der Waals surface area contributed by atoms with E-state index in [0.29, 0.717) is 25.5 Å². The molecule has 0 unspecified atom stereocenters. The Morgan fingerprint density at radius 2 is 2.20 bits per heavy atom. The van der Waals surface area contributed by atoms with Crippen molar-refractivity contribution in [3.63, 3.8) is 0 Å². The number of nitrogens with two attached hydrogens (primary N) is 1. The average Bonchev–Trinajstić information content (AvgIpc) is 2.59. The van der Waals surface area contributed by atoms with Gasteiger partial charge in [0.1, 0.15) is 0 Å². The zero-order chi connectivity index (χ0) is 18.2. The molecule has 0 spiro atoms. The van der Waals surface area contributed by atoms with Crippen LogP contribution in [0.2, 0.25) is 0 Å². The summed E-state index contributed by atoms with van der Waals surface area (Å²) in [4.78, 5) is 25.3. The molecule has 0 bridgehead atoms. The molecule has 0 aliphatic carbocycles. The molecule has 0 saturated carbocycles.